The van der Waals surface area contributed by atoms with E-state index < -0.39 is 11.9 Å². The van der Waals surface area contributed by atoms with Crippen LogP contribution in [-0.4, -0.2) is 39.6 Å². The monoisotopic (exact) mass is 456 g/mol. The van der Waals surface area contributed by atoms with Crippen LogP contribution >= 0.6 is 0 Å². The Morgan fingerprint density at radius 3 is 2.33 bits per heavy atom. The second-order valence-corrected chi connectivity index (χ2v) is 7.93. The summed E-state index contributed by atoms with van der Waals surface area (Å²) in [7, 11) is 0. The van der Waals surface area contributed by atoms with E-state index in [1.54, 1.807) is 18.2 Å². The van der Waals surface area contributed by atoms with Crippen molar-refractivity contribution < 1.29 is 22.8 Å². The molecule has 1 aromatic heterocycles. The number of hydrogen-bond donors (Lipinski definition) is 1. The maximum atomic E-state index is 12.7. The highest BCUT2D eigenvalue weighted by atomic mass is 19.4. The van der Waals surface area contributed by atoms with Gasteiger partial charge in [0.1, 0.15) is 0 Å². The molecule has 3 aromatic rings. The molecule has 0 unspecified atom stereocenters. The smallest absolute Gasteiger partial charge is 0.348 e. The number of piperidine rings is 1. The quantitative estimate of drug-likeness (QED) is 0.617. The fourth-order valence-electron chi connectivity index (χ4n) is 3.76. The molecule has 1 aliphatic heterocycles. The van der Waals surface area contributed by atoms with Crippen molar-refractivity contribution in [3.63, 3.8) is 0 Å². The third-order valence-electron chi connectivity index (χ3n) is 5.54. The van der Waals surface area contributed by atoms with E-state index in [9.17, 15) is 22.8 Å². The number of hydrogen-bond acceptors (Lipinski definition) is 3. The average molecular weight is 456 g/mol. The molecule has 2 aromatic carbocycles. The van der Waals surface area contributed by atoms with Gasteiger partial charge in [-0.15, -0.1) is 0 Å². The van der Waals surface area contributed by atoms with Crippen molar-refractivity contribution in [2.45, 2.75) is 32.0 Å². The summed E-state index contributed by atoms with van der Waals surface area (Å²) in [4.78, 5) is 27.1. The fourth-order valence-corrected chi connectivity index (χ4v) is 3.76. The minimum absolute atomic E-state index is 0.00534. The van der Waals surface area contributed by atoms with Crippen molar-refractivity contribution in [3.05, 3.63) is 83.2 Å². The Bertz CT molecular complexity index is 1130. The highest BCUT2D eigenvalue weighted by Crippen LogP contribution is 2.27. The van der Waals surface area contributed by atoms with Crippen LogP contribution in [0.2, 0.25) is 0 Å². The van der Waals surface area contributed by atoms with Crippen molar-refractivity contribution >= 4 is 11.8 Å². The lowest BCUT2D eigenvalue weighted by atomic mass is 10.1. The largest absolute Gasteiger partial charge is 0.435 e. The first-order valence-corrected chi connectivity index (χ1v) is 10.7. The number of amides is 2. The van der Waals surface area contributed by atoms with Gasteiger partial charge >= 0.3 is 6.18 Å². The van der Waals surface area contributed by atoms with Crippen molar-refractivity contribution in [1.82, 2.24) is 20.0 Å². The lowest BCUT2D eigenvalue weighted by molar-refractivity contribution is -0.141. The zero-order valence-corrected chi connectivity index (χ0v) is 17.8. The first-order chi connectivity index (χ1) is 15.8. The summed E-state index contributed by atoms with van der Waals surface area (Å²) in [6.07, 6.45) is -0.113. The Morgan fingerprint density at radius 2 is 1.67 bits per heavy atom. The van der Waals surface area contributed by atoms with Gasteiger partial charge in [0, 0.05) is 37.0 Å². The van der Waals surface area contributed by atoms with Gasteiger partial charge in [0.05, 0.1) is 5.69 Å². The Morgan fingerprint density at radius 1 is 0.939 bits per heavy atom. The van der Waals surface area contributed by atoms with E-state index in [0.717, 1.165) is 48.7 Å². The number of carbonyl (C=O) groups is 2. The molecule has 1 aliphatic rings. The minimum Gasteiger partial charge on any atom is -0.348 e. The molecule has 1 N–H and O–H groups in total. The molecule has 4 rings (SSSR count). The van der Waals surface area contributed by atoms with Crippen LogP contribution in [0.4, 0.5) is 13.2 Å². The molecule has 33 heavy (non-hydrogen) atoms. The zero-order valence-electron chi connectivity index (χ0n) is 17.8. The van der Waals surface area contributed by atoms with Crippen molar-refractivity contribution in [2.24, 2.45) is 0 Å². The predicted octanol–water partition coefficient (Wildman–Crippen LogP) is 4.45. The van der Waals surface area contributed by atoms with Gasteiger partial charge in [0.25, 0.3) is 11.8 Å². The number of rotatable bonds is 5. The number of benzene rings is 2. The number of nitrogens with zero attached hydrogens (tertiary/aromatic N) is 3. The molecule has 0 aliphatic carbocycles. The molecule has 2 amide bonds. The van der Waals surface area contributed by atoms with E-state index in [1.165, 1.54) is 30.5 Å². The average Bonchev–Trinajstić information content (AvgIpc) is 3.34. The lowest BCUT2D eigenvalue weighted by Gasteiger charge is -2.26. The standard InChI is InChI=1S/C24H23F3N4O2/c25-24(26,27)21-11-14-31(29-21)20-9-7-18(8-10-20)22(32)28-16-17-5-4-6-19(15-17)23(33)30-12-2-1-3-13-30/h4-11,14-15H,1-3,12-13,16H2,(H,28,32). The molecule has 2 heterocycles. The van der Waals surface area contributed by atoms with Gasteiger partial charge in [-0.3, -0.25) is 9.59 Å². The van der Waals surface area contributed by atoms with Gasteiger partial charge in [-0.25, -0.2) is 4.68 Å². The van der Waals surface area contributed by atoms with Crippen molar-refractivity contribution in [2.75, 3.05) is 13.1 Å². The Hall–Kier alpha value is -3.62. The van der Waals surface area contributed by atoms with Gasteiger partial charge in [0.15, 0.2) is 5.69 Å². The summed E-state index contributed by atoms with van der Waals surface area (Å²) >= 11 is 0. The molecule has 1 fully saturated rings. The normalized spacial score (nSPS) is 14.2. The van der Waals surface area contributed by atoms with Crippen LogP contribution in [-0.2, 0) is 12.7 Å². The van der Waals surface area contributed by atoms with Crippen LogP contribution in [0, 0.1) is 0 Å². The highest BCUT2D eigenvalue weighted by Gasteiger charge is 2.33. The number of halogens is 3. The molecule has 1 saturated heterocycles. The predicted molar refractivity (Wildman–Crippen MR) is 116 cm³/mol. The summed E-state index contributed by atoms with van der Waals surface area (Å²) in [5, 5.41) is 6.33. The number of alkyl halides is 3. The van der Waals surface area contributed by atoms with Gasteiger partial charge in [0.2, 0.25) is 0 Å². The zero-order chi connectivity index (χ0) is 23.4. The number of aromatic nitrogens is 2. The van der Waals surface area contributed by atoms with Gasteiger partial charge in [-0.1, -0.05) is 12.1 Å². The Labute approximate surface area is 189 Å². The molecule has 0 bridgehead atoms. The maximum absolute atomic E-state index is 12.7. The number of nitrogens with one attached hydrogen (secondary N) is 1. The van der Waals surface area contributed by atoms with E-state index >= 15 is 0 Å². The summed E-state index contributed by atoms with van der Waals surface area (Å²) in [6.45, 7) is 1.79. The first kappa shape index (κ1) is 22.6. The fraction of sp³-hybridized carbons (Fsp3) is 0.292. The molecule has 0 spiro atoms. The van der Waals surface area contributed by atoms with E-state index in [-0.39, 0.29) is 18.4 Å². The number of likely N-dealkylation sites (tertiary alicyclic amines) is 1. The topological polar surface area (TPSA) is 67.2 Å². The second-order valence-electron chi connectivity index (χ2n) is 7.93. The Kier molecular flexibility index (Phi) is 6.48. The van der Waals surface area contributed by atoms with E-state index in [2.05, 4.69) is 10.4 Å². The molecule has 0 atom stereocenters. The molecule has 6 nitrogen and oxygen atoms in total. The lowest BCUT2D eigenvalue weighted by Crippen LogP contribution is -2.35. The molecule has 0 saturated carbocycles. The number of carbonyl (C=O) groups excluding carboxylic acids is 2. The van der Waals surface area contributed by atoms with Gasteiger partial charge in [-0.2, -0.15) is 18.3 Å². The van der Waals surface area contributed by atoms with Crippen molar-refractivity contribution in [3.8, 4) is 5.69 Å². The second kappa shape index (κ2) is 9.48. The summed E-state index contributed by atoms with van der Waals surface area (Å²) in [6, 6.07) is 14.2. The van der Waals surface area contributed by atoms with Crippen LogP contribution in [0.15, 0.2) is 60.8 Å². The molecular formula is C24H23F3N4O2. The maximum Gasteiger partial charge on any atom is 0.435 e. The van der Waals surface area contributed by atoms with E-state index in [4.69, 9.17) is 0 Å². The van der Waals surface area contributed by atoms with Crippen LogP contribution in [0.3, 0.4) is 0 Å². The SMILES string of the molecule is O=C(NCc1cccc(C(=O)N2CCCCC2)c1)c1ccc(-n2ccc(C(F)(F)F)n2)cc1. The van der Waals surface area contributed by atoms with Crippen LogP contribution in [0.25, 0.3) is 5.69 Å². The van der Waals surface area contributed by atoms with Crippen molar-refractivity contribution in [1.29, 1.82) is 0 Å². The minimum atomic E-state index is -4.51. The Balaban J connectivity index is 1.37. The molecule has 0 radical (unpaired) electrons. The summed E-state index contributed by atoms with van der Waals surface area (Å²) in [5.41, 5.74) is 1.20. The van der Waals surface area contributed by atoms with E-state index in [0.29, 0.717) is 16.8 Å². The van der Waals surface area contributed by atoms with Gasteiger partial charge < -0.3 is 10.2 Å². The van der Waals surface area contributed by atoms with Crippen LogP contribution in [0.5, 0.6) is 0 Å². The van der Waals surface area contributed by atoms with Gasteiger partial charge in [-0.05, 0) is 67.3 Å². The van der Waals surface area contributed by atoms with E-state index in [1.807, 2.05) is 11.0 Å². The molecule has 9 heteroatoms. The first-order valence-electron chi connectivity index (χ1n) is 10.7. The third-order valence-corrected chi connectivity index (χ3v) is 5.54. The van der Waals surface area contributed by atoms with Crippen LogP contribution < -0.4 is 5.32 Å². The third kappa shape index (κ3) is 5.42. The highest BCUT2D eigenvalue weighted by molar-refractivity contribution is 5.95. The van der Waals surface area contributed by atoms with Crippen LogP contribution in [0.1, 0.15) is 51.2 Å². The molecule has 172 valence electrons. The summed E-state index contributed by atoms with van der Waals surface area (Å²) in [5.74, 6) is -0.323. The molecular weight excluding hydrogens is 433 g/mol. The summed E-state index contributed by atoms with van der Waals surface area (Å²) < 4.78 is 39.3.